The topological polar surface area (TPSA) is 57.7 Å². The summed E-state index contributed by atoms with van der Waals surface area (Å²) in [5, 5.41) is -0.349. The standard InChI is InChI=1S/C11H20N2O3S/c1-11(2)6-9(14)7-13(11)17(15,16)10-4-5-12(3)8-10/h10H,4-8H2,1-3H3. The van der Waals surface area contributed by atoms with Crippen LogP contribution in [0.5, 0.6) is 0 Å². The second-order valence-electron chi connectivity index (χ2n) is 5.75. The highest BCUT2D eigenvalue weighted by molar-refractivity contribution is 7.89. The van der Waals surface area contributed by atoms with Crippen LogP contribution >= 0.6 is 0 Å². The molecule has 1 atom stereocenters. The molecule has 0 saturated carbocycles. The van der Waals surface area contributed by atoms with E-state index in [-0.39, 0.29) is 17.6 Å². The monoisotopic (exact) mass is 260 g/mol. The molecular weight excluding hydrogens is 240 g/mol. The number of nitrogens with zero attached hydrogens (tertiary/aromatic N) is 2. The lowest BCUT2D eigenvalue weighted by Gasteiger charge is -2.31. The zero-order chi connectivity index (χ0) is 12.8. The molecule has 6 heteroatoms. The Labute approximate surface area is 103 Å². The van der Waals surface area contributed by atoms with Gasteiger partial charge in [0.2, 0.25) is 10.0 Å². The number of hydrogen-bond donors (Lipinski definition) is 0. The molecule has 17 heavy (non-hydrogen) atoms. The first-order valence-corrected chi connectivity index (χ1v) is 7.46. The van der Waals surface area contributed by atoms with Gasteiger partial charge in [-0.3, -0.25) is 4.79 Å². The lowest BCUT2D eigenvalue weighted by molar-refractivity contribution is -0.116. The number of Topliss-reactive ketones (excluding diaryl/α,β-unsaturated/α-hetero) is 1. The molecule has 0 amide bonds. The van der Waals surface area contributed by atoms with Gasteiger partial charge in [0.05, 0.1) is 11.8 Å². The molecule has 0 radical (unpaired) electrons. The molecular formula is C11H20N2O3S. The van der Waals surface area contributed by atoms with Gasteiger partial charge in [-0.15, -0.1) is 0 Å². The van der Waals surface area contributed by atoms with Gasteiger partial charge in [0.15, 0.2) is 0 Å². The van der Waals surface area contributed by atoms with Crippen LogP contribution in [0.4, 0.5) is 0 Å². The van der Waals surface area contributed by atoms with E-state index in [1.165, 1.54) is 4.31 Å². The Balaban J connectivity index is 2.24. The fourth-order valence-corrected chi connectivity index (χ4v) is 5.04. The Morgan fingerprint density at radius 2 is 2.00 bits per heavy atom. The van der Waals surface area contributed by atoms with Gasteiger partial charge < -0.3 is 4.90 Å². The van der Waals surface area contributed by atoms with Gasteiger partial charge >= 0.3 is 0 Å². The first-order chi connectivity index (χ1) is 7.73. The Morgan fingerprint density at radius 1 is 1.35 bits per heavy atom. The smallest absolute Gasteiger partial charge is 0.219 e. The van der Waals surface area contributed by atoms with Gasteiger partial charge in [0, 0.05) is 18.5 Å². The molecule has 0 bridgehead atoms. The van der Waals surface area contributed by atoms with E-state index < -0.39 is 15.6 Å². The number of rotatable bonds is 2. The summed E-state index contributed by atoms with van der Waals surface area (Å²) in [7, 11) is -1.41. The van der Waals surface area contributed by atoms with Crippen LogP contribution in [0.1, 0.15) is 26.7 Å². The minimum Gasteiger partial charge on any atom is -0.305 e. The van der Waals surface area contributed by atoms with E-state index in [4.69, 9.17) is 0 Å². The molecule has 0 N–H and O–H groups in total. The Hall–Kier alpha value is -0.460. The van der Waals surface area contributed by atoms with Crippen molar-refractivity contribution in [2.75, 3.05) is 26.7 Å². The summed E-state index contributed by atoms with van der Waals surface area (Å²) in [6, 6.07) is 0. The predicted octanol–water partition coefficient (Wildman–Crippen LogP) is 0.0737. The third kappa shape index (κ3) is 2.26. The molecule has 0 spiro atoms. The van der Waals surface area contributed by atoms with Crippen LogP contribution in [0.2, 0.25) is 0 Å². The molecule has 2 rings (SSSR count). The van der Waals surface area contributed by atoms with Crippen molar-refractivity contribution in [1.82, 2.24) is 9.21 Å². The Kier molecular flexibility index (Phi) is 3.08. The maximum Gasteiger partial charge on any atom is 0.219 e. The van der Waals surface area contributed by atoms with Crippen molar-refractivity contribution in [3.8, 4) is 0 Å². The molecule has 0 aromatic rings. The summed E-state index contributed by atoms with van der Waals surface area (Å²) in [6.45, 7) is 5.09. The average Bonchev–Trinajstić information content (AvgIpc) is 2.70. The highest BCUT2D eigenvalue weighted by atomic mass is 32.2. The Bertz CT molecular complexity index is 430. The molecule has 2 fully saturated rings. The van der Waals surface area contributed by atoms with Crippen molar-refractivity contribution in [2.24, 2.45) is 0 Å². The fourth-order valence-electron chi connectivity index (χ4n) is 2.75. The number of carbonyl (C=O) groups is 1. The van der Waals surface area contributed by atoms with Gasteiger partial charge in [0.25, 0.3) is 0 Å². The molecule has 5 nitrogen and oxygen atoms in total. The molecule has 2 aliphatic heterocycles. The van der Waals surface area contributed by atoms with E-state index in [1.54, 1.807) is 0 Å². The lowest BCUT2D eigenvalue weighted by atomic mass is 10.0. The van der Waals surface area contributed by atoms with E-state index in [9.17, 15) is 13.2 Å². The van der Waals surface area contributed by atoms with Crippen molar-refractivity contribution in [3.63, 3.8) is 0 Å². The van der Waals surface area contributed by atoms with E-state index in [2.05, 4.69) is 0 Å². The number of carbonyl (C=O) groups excluding carboxylic acids is 1. The van der Waals surface area contributed by atoms with Crippen LogP contribution in [-0.2, 0) is 14.8 Å². The fraction of sp³-hybridized carbons (Fsp3) is 0.909. The number of sulfonamides is 1. The summed E-state index contributed by atoms with van der Waals surface area (Å²) in [5.41, 5.74) is -0.558. The molecule has 98 valence electrons. The van der Waals surface area contributed by atoms with Crippen LogP contribution in [-0.4, -0.2) is 60.9 Å². The van der Waals surface area contributed by atoms with Crippen LogP contribution in [0, 0.1) is 0 Å². The minimum absolute atomic E-state index is 0.0185. The van der Waals surface area contributed by atoms with Crippen LogP contribution in [0.3, 0.4) is 0 Å². The van der Waals surface area contributed by atoms with E-state index in [0.29, 0.717) is 19.4 Å². The van der Waals surface area contributed by atoms with Crippen molar-refractivity contribution in [3.05, 3.63) is 0 Å². The zero-order valence-corrected chi connectivity index (χ0v) is 11.5. The summed E-state index contributed by atoms with van der Waals surface area (Å²) >= 11 is 0. The minimum atomic E-state index is -3.34. The summed E-state index contributed by atoms with van der Waals surface area (Å²) < 4.78 is 26.4. The van der Waals surface area contributed by atoms with Crippen molar-refractivity contribution in [1.29, 1.82) is 0 Å². The summed E-state index contributed by atoms with van der Waals surface area (Å²) in [6.07, 6.45) is 0.994. The highest BCUT2D eigenvalue weighted by Gasteiger charge is 2.48. The molecule has 1 unspecified atom stereocenters. The molecule has 2 saturated heterocycles. The van der Waals surface area contributed by atoms with Gasteiger partial charge in [-0.1, -0.05) is 0 Å². The summed E-state index contributed by atoms with van der Waals surface area (Å²) in [5.74, 6) is 0.0185. The van der Waals surface area contributed by atoms with Gasteiger partial charge in [-0.05, 0) is 33.9 Å². The molecule has 0 aromatic heterocycles. The predicted molar refractivity (Wildman–Crippen MR) is 65.2 cm³/mol. The van der Waals surface area contributed by atoms with E-state index in [1.807, 2.05) is 25.8 Å². The summed E-state index contributed by atoms with van der Waals surface area (Å²) in [4.78, 5) is 13.5. The van der Waals surface area contributed by atoms with E-state index >= 15 is 0 Å². The van der Waals surface area contributed by atoms with Gasteiger partial charge in [0.1, 0.15) is 5.78 Å². The highest BCUT2D eigenvalue weighted by Crippen LogP contribution is 2.32. The third-order valence-corrected chi connectivity index (χ3v) is 6.17. The van der Waals surface area contributed by atoms with Crippen molar-refractivity contribution >= 4 is 15.8 Å². The SMILES string of the molecule is CN1CCC(S(=O)(=O)N2CC(=O)CC2(C)C)C1. The largest absolute Gasteiger partial charge is 0.305 e. The van der Waals surface area contributed by atoms with Crippen LogP contribution < -0.4 is 0 Å². The molecule has 2 heterocycles. The zero-order valence-electron chi connectivity index (χ0n) is 10.6. The van der Waals surface area contributed by atoms with E-state index in [0.717, 1.165) is 6.54 Å². The molecule has 0 aliphatic carbocycles. The lowest BCUT2D eigenvalue weighted by Crippen LogP contribution is -2.47. The normalized spacial score (nSPS) is 31.2. The van der Waals surface area contributed by atoms with Crippen LogP contribution in [0.15, 0.2) is 0 Å². The number of hydrogen-bond acceptors (Lipinski definition) is 4. The van der Waals surface area contributed by atoms with Gasteiger partial charge in [-0.2, -0.15) is 4.31 Å². The van der Waals surface area contributed by atoms with Crippen molar-refractivity contribution in [2.45, 2.75) is 37.5 Å². The average molecular weight is 260 g/mol. The van der Waals surface area contributed by atoms with Crippen molar-refractivity contribution < 1.29 is 13.2 Å². The first kappa shape index (κ1) is 13.0. The maximum absolute atomic E-state index is 12.5. The molecule has 0 aromatic carbocycles. The second kappa shape index (κ2) is 4.03. The Morgan fingerprint density at radius 3 is 2.41 bits per heavy atom. The maximum atomic E-state index is 12.5. The first-order valence-electron chi connectivity index (χ1n) is 5.95. The van der Waals surface area contributed by atoms with Crippen LogP contribution in [0.25, 0.3) is 0 Å². The number of ketones is 1. The number of likely N-dealkylation sites (tertiary alicyclic amines) is 1. The molecule has 2 aliphatic rings. The third-order valence-electron chi connectivity index (χ3n) is 3.70. The quantitative estimate of drug-likeness (QED) is 0.705. The van der Waals surface area contributed by atoms with Gasteiger partial charge in [-0.25, -0.2) is 8.42 Å². The second-order valence-corrected chi connectivity index (χ2v) is 7.89.